The molecule has 128 valence electrons. The van der Waals surface area contributed by atoms with Crippen LogP contribution in [0.1, 0.15) is 29.0 Å². The van der Waals surface area contributed by atoms with E-state index in [0.29, 0.717) is 31.7 Å². The topological polar surface area (TPSA) is 79.6 Å². The van der Waals surface area contributed by atoms with Crippen LogP contribution >= 0.6 is 0 Å². The van der Waals surface area contributed by atoms with Crippen LogP contribution in [0.3, 0.4) is 0 Å². The highest BCUT2D eigenvalue weighted by molar-refractivity contribution is 7.89. The predicted octanol–water partition coefficient (Wildman–Crippen LogP) is 2.17. The van der Waals surface area contributed by atoms with Crippen LogP contribution in [0.5, 0.6) is 0 Å². The molecule has 1 aromatic carbocycles. The Balaban J connectivity index is 1.60. The van der Waals surface area contributed by atoms with Gasteiger partial charge in [0.1, 0.15) is 0 Å². The monoisotopic (exact) mass is 348 g/mol. The number of furan rings is 1. The largest absolute Gasteiger partial charge is 0.459 e. The van der Waals surface area contributed by atoms with Crippen molar-refractivity contribution in [3.63, 3.8) is 0 Å². The molecular weight excluding hydrogens is 328 g/mol. The molecule has 1 N–H and O–H groups in total. The van der Waals surface area contributed by atoms with Gasteiger partial charge in [0, 0.05) is 19.1 Å². The van der Waals surface area contributed by atoms with Gasteiger partial charge in [-0.3, -0.25) is 4.79 Å². The van der Waals surface area contributed by atoms with Gasteiger partial charge in [-0.2, -0.15) is 0 Å². The van der Waals surface area contributed by atoms with Gasteiger partial charge in [-0.1, -0.05) is 12.1 Å². The summed E-state index contributed by atoms with van der Waals surface area (Å²) in [4.78, 5) is 14.2. The van der Waals surface area contributed by atoms with Gasteiger partial charge in [0.15, 0.2) is 5.76 Å². The molecule has 0 saturated carbocycles. The third kappa shape index (κ3) is 3.68. The van der Waals surface area contributed by atoms with Crippen LogP contribution in [0, 0.1) is 6.92 Å². The first-order chi connectivity index (χ1) is 11.5. The van der Waals surface area contributed by atoms with Gasteiger partial charge < -0.3 is 9.32 Å². The minimum Gasteiger partial charge on any atom is -0.459 e. The molecule has 0 spiro atoms. The third-order valence-electron chi connectivity index (χ3n) is 4.14. The van der Waals surface area contributed by atoms with E-state index in [-0.39, 0.29) is 16.8 Å². The van der Waals surface area contributed by atoms with E-state index in [4.69, 9.17) is 4.42 Å². The zero-order chi connectivity index (χ0) is 17.2. The van der Waals surface area contributed by atoms with Gasteiger partial charge in [-0.25, -0.2) is 13.1 Å². The second kappa shape index (κ2) is 6.78. The molecule has 6 nitrogen and oxygen atoms in total. The van der Waals surface area contributed by atoms with Gasteiger partial charge in [0.2, 0.25) is 10.0 Å². The fraction of sp³-hybridized carbons (Fsp3) is 0.353. The number of hydrogen-bond acceptors (Lipinski definition) is 4. The molecule has 1 aromatic heterocycles. The Bertz CT molecular complexity index is 807. The van der Waals surface area contributed by atoms with Gasteiger partial charge in [0.05, 0.1) is 11.2 Å². The van der Waals surface area contributed by atoms with E-state index >= 15 is 0 Å². The minimum atomic E-state index is -3.54. The average molecular weight is 348 g/mol. The fourth-order valence-corrected chi connectivity index (χ4v) is 4.24. The van der Waals surface area contributed by atoms with Gasteiger partial charge in [-0.15, -0.1) is 0 Å². The molecule has 1 amide bonds. The van der Waals surface area contributed by atoms with Crippen molar-refractivity contribution in [3.05, 3.63) is 54.0 Å². The van der Waals surface area contributed by atoms with Crippen LogP contribution in [0.25, 0.3) is 0 Å². The number of likely N-dealkylation sites (tertiary alicyclic amines) is 1. The van der Waals surface area contributed by atoms with Crippen LogP contribution in [0.4, 0.5) is 0 Å². The summed E-state index contributed by atoms with van der Waals surface area (Å²) >= 11 is 0. The molecule has 0 bridgehead atoms. The zero-order valence-electron chi connectivity index (χ0n) is 13.4. The van der Waals surface area contributed by atoms with Gasteiger partial charge >= 0.3 is 0 Å². The van der Waals surface area contributed by atoms with Crippen LogP contribution in [0.15, 0.2) is 52.0 Å². The molecular formula is C17H20N2O4S. The Labute approximate surface area is 141 Å². The second-order valence-corrected chi connectivity index (χ2v) is 7.70. The first-order valence-electron chi connectivity index (χ1n) is 7.87. The lowest BCUT2D eigenvalue weighted by atomic mass is 10.1. The summed E-state index contributed by atoms with van der Waals surface area (Å²) in [7, 11) is -3.54. The van der Waals surface area contributed by atoms with Crippen LogP contribution in [0.2, 0.25) is 0 Å². The lowest BCUT2D eigenvalue weighted by Crippen LogP contribution is -2.46. The summed E-state index contributed by atoms with van der Waals surface area (Å²) in [6, 6.07) is 9.97. The number of sulfonamides is 1. The first-order valence-corrected chi connectivity index (χ1v) is 9.36. The number of amides is 1. The maximum absolute atomic E-state index is 12.4. The molecule has 2 heterocycles. The number of rotatable bonds is 4. The molecule has 1 fully saturated rings. The summed E-state index contributed by atoms with van der Waals surface area (Å²) in [6.45, 7) is 2.86. The fourth-order valence-electron chi connectivity index (χ4n) is 2.83. The van der Waals surface area contributed by atoms with E-state index in [1.54, 1.807) is 35.2 Å². The lowest BCUT2D eigenvalue weighted by molar-refractivity contribution is 0.0679. The molecule has 2 aromatic rings. The smallest absolute Gasteiger partial charge is 0.289 e. The standard InChI is InChI=1S/C17H20N2O4S/c1-13-4-2-5-15(12-13)24(21,22)18-14-7-9-19(10-8-14)17(20)16-6-3-11-23-16/h2-6,11-12,14,18H,7-10H2,1H3. The number of carbonyl (C=O) groups is 1. The maximum atomic E-state index is 12.4. The van der Waals surface area contributed by atoms with E-state index in [2.05, 4.69) is 4.72 Å². The highest BCUT2D eigenvalue weighted by Gasteiger charge is 2.28. The van der Waals surface area contributed by atoms with Crippen molar-refractivity contribution in [2.75, 3.05) is 13.1 Å². The maximum Gasteiger partial charge on any atom is 0.289 e. The molecule has 1 aliphatic rings. The van der Waals surface area contributed by atoms with Gasteiger partial charge in [-0.05, 0) is 49.6 Å². The summed E-state index contributed by atoms with van der Waals surface area (Å²) in [5, 5.41) is 0. The molecule has 3 rings (SSSR count). The summed E-state index contributed by atoms with van der Waals surface area (Å²) in [5.74, 6) is 0.161. The average Bonchev–Trinajstić information content (AvgIpc) is 3.09. The Kier molecular flexibility index (Phi) is 4.73. The highest BCUT2D eigenvalue weighted by atomic mass is 32.2. The minimum absolute atomic E-state index is 0.153. The third-order valence-corrected chi connectivity index (χ3v) is 5.65. The van der Waals surface area contributed by atoms with Crippen molar-refractivity contribution in [1.82, 2.24) is 9.62 Å². The van der Waals surface area contributed by atoms with Crippen LogP contribution in [-0.4, -0.2) is 38.4 Å². The van der Waals surface area contributed by atoms with Crippen molar-refractivity contribution >= 4 is 15.9 Å². The first kappa shape index (κ1) is 16.7. The molecule has 7 heteroatoms. The zero-order valence-corrected chi connectivity index (χ0v) is 14.3. The molecule has 0 unspecified atom stereocenters. The molecule has 0 radical (unpaired) electrons. The number of hydrogen-bond donors (Lipinski definition) is 1. The van der Waals surface area contributed by atoms with Gasteiger partial charge in [0.25, 0.3) is 5.91 Å². The summed E-state index contributed by atoms with van der Waals surface area (Å²) in [5.41, 5.74) is 0.900. The van der Waals surface area contributed by atoms with Crippen molar-refractivity contribution in [2.24, 2.45) is 0 Å². The van der Waals surface area contributed by atoms with E-state index in [9.17, 15) is 13.2 Å². The van der Waals surface area contributed by atoms with E-state index in [1.165, 1.54) is 6.26 Å². The number of aryl methyl sites for hydroxylation is 1. The van der Waals surface area contributed by atoms with E-state index in [0.717, 1.165) is 5.56 Å². The van der Waals surface area contributed by atoms with Crippen molar-refractivity contribution in [2.45, 2.75) is 30.7 Å². The highest BCUT2D eigenvalue weighted by Crippen LogP contribution is 2.17. The van der Waals surface area contributed by atoms with Crippen LogP contribution < -0.4 is 4.72 Å². The van der Waals surface area contributed by atoms with E-state index < -0.39 is 10.0 Å². The number of nitrogens with zero attached hydrogens (tertiary/aromatic N) is 1. The Morgan fingerprint density at radius 2 is 1.96 bits per heavy atom. The van der Waals surface area contributed by atoms with Crippen molar-refractivity contribution in [1.29, 1.82) is 0 Å². The quantitative estimate of drug-likeness (QED) is 0.918. The second-order valence-electron chi connectivity index (χ2n) is 5.98. The number of benzene rings is 1. The molecule has 0 aliphatic carbocycles. The molecule has 1 saturated heterocycles. The Hall–Kier alpha value is -2.12. The Morgan fingerprint density at radius 1 is 1.21 bits per heavy atom. The summed E-state index contributed by atoms with van der Waals surface area (Å²) < 4.78 is 32.8. The molecule has 1 aliphatic heterocycles. The molecule has 0 atom stereocenters. The van der Waals surface area contributed by atoms with Crippen LogP contribution in [-0.2, 0) is 10.0 Å². The summed E-state index contributed by atoms with van der Waals surface area (Å²) in [6.07, 6.45) is 2.63. The lowest BCUT2D eigenvalue weighted by Gasteiger charge is -2.31. The van der Waals surface area contributed by atoms with Crippen molar-refractivity contribution in [3.8, 4) is 0 Å². The molecule has 24 heavy (non-hydrogen) atoms. The Morgan fingerprint density at radius 3 is 2.58 bits per heavy atom. The SMILES string of the molecule is Cc1cccc(S(=O)(=O)NC2CCN(C(=O)c3ccco3)CC2)c1. The predicted molar refractivity (Wildman–Crippen MR) is 89.1 cm³/mol. The van der Waals surface area contributed by atoms with E-state index in [1.807, 2.05) is 13.0 Å². The number of piperidine rings is 1. The van der Waals surface area contributed by atoms with Crippen molar-refractivity contribution < 1.29 is 17.6 Å². The number of carbonyl (C=O) groups excluding carboxylic acids is 1. The number of nitrogens with one attached hydrogen (secondary N) is 1. The normalized spacial score (nSPS) is 16.3.